The second-order valence-electron chi connectivity index (χ2n) is 5.99. The molecular weight excluding hydrogens is 280 g/mol. The van der Waals surface area contributed by atoms with Gasteiger partial charge in [-0.1, -0.05) is 0 Å². The molecule has 0 radical (unpaired) electrons. The van der Waals surface area contributed by atoms with Crippen LogP contribution in [0.3, 0.4) is 0 Å². The van der Waals surface area contributed by atoms with E-state index in [2.05, 4.69) is 32.2 Å². The highest BCUT2D eigenvalue weighted by molar-refractivity contribution is 5.90. The highest BCUT2D eigenvalue weighted by atomic mass is 16.2. The van der Waals surface area contributed by atoms with E-state index in [0.29, 0.717) is 18.4 Å². The van der Waals surface area contributed by atoms with Crippen molar-refractivity contribution in [3.05, 3.63) is 23.3 Å². The van der Waals surface area contributed by atoms with Gasteiger partial charge in [-0.25, -0.2) is 9.50 Å². The Morgan fingerprint density at radius 2 is 2.05 bits per heavy atom. The van der Waals surface area contributed by atoms with Crippen LogP contribution in [0.25, 0.3) is 5.78 Å². The lowest BCUT2D eigenvalue weighted by molar-refractivity contribution is 0.0930. The molecule has 2 aromatic rings. The molecule has 2 aromatic heterocycles. The molecule has 3 rings (SSSR count). The number of aryl methyl sites for hydroxylation is 2. The zero-order valence-corrected chi connectivity index (χ0v) is 13.3. The number of aromatic nitrogens is 4. The minimum atomic E-state index is -0.242. The Kier molecular flexibility index (Phi) is 4.06. The quantitative estimate of drug-likeness (QED) is 0.910. The molecule has 1 aliphatic heterocycles. The van der Waals surface area contributed by atoms with E-state index in [1.54, 1.807) is 4.52 Å². The summed E-state index contributed by atoms with van der Waals surface area (Å²) in [5.41, 5.74) is 1.78. The Hall–Kier alpha value is -2.02. The monoisotopic (exact) mass is 302 g/mol. The smallest absolute Gasteiger partial charge is 0.291 e. The number of carbonyl (C=O) groups excluding carboxylic acids is 1. The number of nitrogens with one attached hydrogen (secondary N) is 1. The van der Waals surface area contributed by atoms with Gasteiger partial charge in [0, 0.05) is 24.0 Å². The van der Waals surface area contributed by atoms with E-state index in [1.165, 1.54) is 12.8 Å². The summed E-state index contributed by atoms with van der Waals surface area (Å²) < 4.78 is 1.60. The number of likely N-dealkylation sites (tertiary alicyclic amines) is 1. The normalized spacial score (nSPS) is 17.0. The largest absolute Gasteiger partial charge is 0.348 e. The maximum atomic E-state index is 12.2. The predicted octanol–water partition coefficient (Wildman–Crippen LogP) is 0.955. The molecule has 1 aliphatic rings. The molecule has 118 valence electrons. The molecule has 0 spiro atoms. The third-order valence-corrected chi connectivity index (χ3v) is 4.14. The molecule has 0 unspecified atom stereocenters. The first-order valence-electron chi connectivity index (χ1n) is 7.78. The Morgan fingerprint density at radius 3 is 2.77 bits per heavy atom. The minimum Gasteiger partial charge on any atom is -0.348 e. The lowest BCUT2D eigenvalue weighted by atomic mass is 10.3. The van der Waals surface area contributed by atoms with Gasteiger partial charge in [-0.3, -0.25) is 9.69 Å². The van der Waals surface area contributed by atoms with Crippen LogP contribution >= 0.6 is 0 Å². The van der Waals surface area contributed by atoms with E-state index >= 15 is 0 Å². The minimum absolute atomic E-state index is 0.176. The van der Waals surface area contributed by atoms with Gasteiger partial charge < -0.3 is 5.32 Å². The van der Waals surface area contributed by atoms with Gasteiger partial charge in [0.15, 0.2) is 0 Å². The van der Waals surface area contributed by atoms with Crippen LogP contribution < -0.4 is 5.32 Å². The number of rotatable bonds is 4. The van der Waals surface area contributed by atoms with Crippen molar-refractivity contribution in [3.8, 4) is 0 Å². The zero-order chi connectivity index (χ0) is 15.7. The van der Waals surface area contributed by atoms with Crippen molar-refractivity contribution in [1.82, 2.24) is 29.8 Å². The van der Waals surface area contributed by atoms with Gasteiger partial charge in [0.25, 0.3) is 11.7 Å². The van der Waals surface area contributed by atoms with Crippen molar-refractivity contribution in [2.75, 3.05) is 19.6 Å². The van der Waals surface area contributed by atoms with Crippen LogP contribution in [0, 0.1) is 13.8 Å². The first kappa shape index (κ1) is 14.9. The third-order valence-electron chi connectivity index (χ3n) is 4.14. The lowest BCUT2D eigenvalue weighted by Crippen LogP contribution is -2.40. The van der Waals surface area contributed by atoms with Crippen molar-refractivity contribution in [1.29, 1.82) is 0 Å². The molecule has 1 fully saturated rings. The van der Waals surface area contributed by atoms with Crippen LogP contribution in [0.2, 0.25) is 0 Å². The van der Waals surface area contributed by atoms with Crippen molar-refractivity contribution in [2.24, 2.45) is 0 Å². The summed E-state index contributed by atoms with van der Waals surface area (Å²) in [4.78, 5) is 23.2. The van der Waals surface area contributed by atoms with Gasteiger partial charge in [-0.05, 0) is 52.8 Å². The van der Waals surface area contributed by atoms with Gasteiger partial charge >= 0.3 is 0 Å². The topological polar surface area (TPSA) is 75.4 Å². The van der Waals surface area contributed by atoms with Gasteiger partial charge in [0.2, 0.25) is 5.82 Å². The van der Waals surface area contributed by atoms with Crippen molar-refractivity contribution in [2.45, 2.75) is 39.7 Å². The maximum absolute atomic E-state index is 12.2. The van der Waals surface area contributed by atoms with E-state index in [1.807, 2.05) is 19.9 Å². The molecule has 1 amide bonds. The highest BCUT2D eigenvalue weighted by Gasteiger charge is 2.20. The fourth-order valence-corrected chi connectivity index (χ4v) is 2.89. The highest BCUT2D eigenvalue weighted by Crippen LogP contribution is 2.11. The van der Waals surface area contributed by atoms with E-state index in [0.717, 1.165) is 24.5 Å². The first-order chi connectivity index (χ1) is 10.5. The summed E-state index contributed by atoms with van der Waals surface area (Å²) in [6, 6.07) is 2.25. The van der Waals surface area contributed by atoms with Crippen molar-refractivity contribution < 1.29 is 4.79 Å². The van der Waals surface area contributed by atoms with E-state index in [9.17, 15) is 4.79 Å². The van der Waals surface area contributed by atoms with Crippen LogP contribution in [0.15, 0.2) is 6.07 Å². The van der Waals surface area contributed by atoms with Crippen LogP contribution in [0.4, 0.5) is 0 Å². The molecule has 1 saturated heterocycles. The van der Waals surface area contributed by atoms with Crippen molar-refractivity contribution in [3.63, 3.8) is 0 Å². The summed E-state index contributed by atoms with van der Waals surface area (Å²) >= 11 is 0. The van der Waals surface area contributed by atoms with Crippen LogP contribution in [-0.4, -0.2) is 56.1 Å². The zero-order valence-electron chi connectivity index (χ0n) is 13.3. The average molecular weight is 302 g/mol. The van der Waals surface area contributed by atoms with Gasteiger partial charge in [0.05, 0.1) is 0 Å². The van der Waals surface area contributed by atoms with Crippen molar-refractivity contribution >= 4 is 11.7 Å². The first-order valence-corrected chi connectivity index (χ1v) is 7.78. The van der Waals surface area contributed by atoms with Crippen LogP contribution in [0.1, 0.15) is 41.8 Å². The lowest BCUT2D eigenvalue weighted by Gasteiger charge is -2.23. The van der Waals surface area contributed by atoms with E-state index < -0.39 is 0 Å². The average Bonchev–Trinajstić information content (AvgIpc) is 3.13. The standard InChI is InChI=1S/C15H22N6O/c1-10-8-11(2)21-15(17-10)18-13(19-21)14(22)16-9-12(3)20-6-4-5-7-20/h8,12H,4-7,9H2,1-3H3,(H,16,22)/t12-/m1/s1. The Balaban J connectivity index is 1.68. The number of hydrogen-bond donors (Lipinski definition) is 1. The molecule has 0 aromatic carbocycles. The number of fused-ring (bicyclic) bond motifs is 1. The second kappa shape index (κ2) is 6.00. The molecular formula is C15H22N6O. The summed E-state index contributed by atoms with van der Waals surface area (Å²) in [6.45, 7) is 8.81. The number of amides is 1. The molecule has 0 bridgehead atoms. The maximum Gasteiger partial charge on any atom is 0.291 e. The predicted molar refractivity (Wildman–Crippen MR) is 82.9 cm³/mol. The molecule has 7 nitrogen and oxygen atoms in total. The fourth-order valence-electron chi connectivity index (χ4n) is 2.89. The summed E-state index contributed by atoms with van der Waals surface area (Å²) in [6.07, 6.45) is 2.49. The molecule has 1 N–H and O–H groups in total. The number of carbonyl (C=O) groups is 1. The van der Waals surface area contributed by atoms with Gasteiger partial charge in [-0.2, -0.15) is 4.98 Å². The molecule has 7 heteroatoms. The molecule has 3 heterocycles. The second-order valence-corrected chi connectivity index (χ2v) is 5.99. The molecule has 0 aliphatic carbocycles. The number of hydrogen-bond acceptors (Lipinski definition) is 5. The number of nitrogens with zero attached hydrogens (tertiary/aromatic N) is 5. The van der Waals surface area contributed by atoms with Gasteiger partial charge in [-0.15, -0.1) is 5.10 Å². The van der Waals surface area contributed by atoms with E-state index in [-0.39, 0.29) is 11.7 Å². The molecule has 1 atom stereocenters. The van der Waals surface area contributed by atoms with Crippen LogP contribution in [0.5, 0.6) is 0 Å². The summed E-state index contributed by atoms with van der Waals surface area (Å²) in [5.74, 6) is 0.402. The fraction of sp³-hybridized carbons (Fsp3) is 0.600. The Labute approximate surface area is 129 Å². The van der Waals surface area contributed by atoms with Crippen LogP contribution in [-0.2, 0) is 0 Å². The Bertz CT molecular complexity index is 689. The third kappa shape index (κ3) is 2.94. The van der Waals surface area contributed by atoms with Gasteiger partial charge in [0.1, 0.15) is 0 Å². The molecule has 0 saturated carbocycles. The van der Waals surface area contributed by atoms with E-state index in [4.69, 9.17) is 0 Å². The Morgan fingerprint density at radius 1 is 1.32 bits per heavy atom. The molecule has 22 heavy (non-hydrogen) atoms. The summed E-state index contributed by atoms with van der Waals surface area (Å²) in [5, 5.41) is 7.17. The summed E-state index contributed by atoms with van der Waals surface area (Å²) in [7, 11) is 0. The SMILES string of the molecule is Cc1cc(C)n2nc(C(=O)NC[C@@H](C)N3CCCC3)nc2n1.